The highest BCUT2D eigenvalue weighted by atomic mass is 16.5. The molecule has 0 aliphatic rings. The summed E-state index contributed by atoms with van der Waals surface area (Å²) in [4.78, 5) is 6.85. The first-order chi connectivity index (χ1) is 14.2. The second kappa shape index (κ2) is 10.3. The van der Waals surface area contributed by atoms with Crippen molar-refractivity contribution in [3.05, 3.63) is 66.1 Å². The summed E-state index contributed by atoms with van der Waals surface area (Å²) in [7, 11) is 3.66. The maximum absolute atomic E-state index is 5.48. The second-order valence-electron chi connectivity index (χ2n) is 6.64. The molecule has 0 amide bonds. The van der Waals surface area contributed by atoms with Crippen LogP contribution in [0.25, 0.3) is 0 Å². The lowest BCUT2D eigenvalue weighted by atomic mass is 10.2. The molecule has 0 radical (unpaired) electrons. The quantitative estimate of drug-likeness (QED) is 0.442. The number of hydrogen-bond acceptors (Lipinski definition) is 5. The van der Waals surface area contributed by atoms with Gasteiger partial charge in [0.1, 0.15) is 23.7 Å². The Bertz CT molecular complexity index is 886. The molecular formula is C21H28N6O2. The Balaban J connectivity index is 1.65. The zero-order chi connectivity index (χ0) is 20.5. The topological polar surface area (TPSA) is 80.7 Å². The standard InChI is InChI=1S/C21H28N6O2/c1-4-20-25-24-16-27(20)12-11-22-21(26(2)15-19-6-5-13-29-19)23-14-17-7-9-18(28-3)10-8-17/h5-10,13,16H,4,11-12,14-15H2,1-3H3,(H,22,23). The molecular weight excluding hydrogens is 368 g/mol. The predicted molar refractivity (Wildman–Crippen MR) is 112 cm³/mol. The van der Waals surface area contributed by atoms with E-state index in [9.17, 15) is 0 Å². The number of rotatable bonds is 9. The molecule has 3 rings (SSSR count). The summed E-state index contributed by atoms with van der Waals surface area (Å²) in [6.07, 6.45) is 4.31. The van der Waals surface area contributed by atoms with Crippen LogP contribution < -0.4 is 10.1 Å². The number of benzene rings is 1. The third kappa shape index (κ3) is 5.84. The van der Waals surface area contributed by atoms with Crippen molar-refractivity contribution in [2.75, 3.05) is 20.7 Å². The minimum absolute atomic E-state index is 0.571. The number of nitrogens with zero attached hydrogens (tertiary/aromatic N) is 5. The molecule has 154 valence electrons. The van der Waals surface area contributed by atoms with Gasteiger partial charge in [-0.05, 0) is 29.8 Å². The maximum Gasteiger partial charge on any atom is 0.194 e. The maximum atomic E-state index is 5.48. The van der Waals surface area contributed by atoms with Gasteiger partial charge in [-0.2, -0.15) is 0 Å². The van der Waals surface area contributed by atoms with E-state index in [1.54, 1.807) is 19.7 Å². The number of hydrogen-bond donors (Lipinski definition) is 1. The van der Waals surface area contributed by atoms with Gasteiger partial charge in [-0.25, -0.2) is 4.99 Å². The van der Waals surface area contributed by atoms with Crippen LogP contribution in [-0.2, 0) is 26.1 Å². The minimum Gasteiger partial charge on any atom is -0.497 e. The van der Waals surface area contributed by atoms with E-state index in [2.05, 4.69) is 31.9 Å². The van der Waals surface area contributed by atoms with E-state index in [-0.39, 0.29) is 0 Å². The summed E-state index contributed by atoms with van der Waals surface area (Å²) in [6, 6.07) is 11.8. The molecule has 0 bridgehead atoms. The molecule has 0 aliphatic carbocycles. The Kier molecular flexibility index (Phi) is 7.27. The molecule has 8 heteroatoms. The number of methoxy groups -OCH3 is 1. The van der Waals surface area contributed by atoms with Crippen molar-refractivity contribution in [3.63, 3.8) is 0 Å². The molecule has 0 saturated heterocycles. The molecule has 8 nitrogen and oxygen atoms in total. The van der Waals surface area contributed by atoms with Crippen molar-refractivity contribution in [3.8, 4) is 5.75 Å². The Morgan fingerprint density at radius 1 is 1.28 bits per heavy atom. The van der Waals surface area contributed by atoms with Gasteiger partial charge in [0.25, 0.3) is 0 Å². The van der Waals surface area contributed by atoms with Gasteiger partial charge in [-0.1, -0.05) is 19.1 Å². The second-order valence-corrected chi connectivity index (χ2v) is 6.64. The van der Waals surface area contributed by atoms with Crippen LogP contribution in [0.4, 0.5) is 0 Å². The van der Waals surface area contributed by atoms with Crippen molar-refractivity contribution >= 4 is 5.96 Å². The monoisotopic (exact) mass is 396 g/mol. The van der Waals surface area contributed by atoms with Gasteiger partial charge >= 0.3 is 0 Å². The van der Waals surface area contributed by atoms with Crippen LogP contribution in [0.2, 0.25) is 0 Å². The average molecular weight is 396 g/mol. The van der Waals surface area contributed by atoms with Crippen LogP contribution in [0.3, 0.4) is 0 Å². The van der Waals surface area contributed by atoms with Crippen LogP contribution in [0.5, 0.6) is 5.75 Å². The number of aliphatic imine (C=N–C) groups is 1. The van der Waals surface area contributed by atoms with Gasteiger partial charge in [0.2, 0.25) is 0 Å². The van der Waals surface area contributed by atoms with Crippen molar-refractivity contribution < 1.29 is 9.15 Å². The SMILES string of the molecule is CCc1nncn1CCNC(=NCc1ccc(OC)cc1)N(C)Cc1ccco1. The van der Waals surface area contributed by atoms with Crippen LogP contribution in [0, 0.1) is 0 Å². The van der Waals surface area contributed by atoms with E-state index >= 15 is 0 Å². The van der Waals surface area contributed by atoms with E-state index in [0.717, 1.165) is 48.4 Å². The van der Waals surface area contributed by atoms with E-state index in [1.165, 1.54) is 0 Å². The smallest absolute Gasteiger partial charge is 0.194 e. The number of aryl methyl sites for hydroxylation is 1. The zero-order valence-corrected chi connectivity index (χ0v) is 17.2. The lowest BCUT2D eigenvalue weighted by Crippen LogP contribution is -2.40. The van der Waals surface area contributed by atoms with Crippen molar-refractivity contribution in [1.82, 2.24) is 25.0 Å². The number of ether oxygens (including phenoxy) is 1. The van der Waals surface area contributed by atoms with Crippen LogP contribution in [0.15, 0.2) is 58.4 Å². The fraction of sp³-hybridized carbons (Fsp3) is 0.381. The first-order valence-electron chi connectivity index (χ1n) is 9.71. The molecule has 2 heterocycles. The van der Waals surface area contributed by atoms with Crippen LogP contribution in [-0.4, -0.2) is 46.3 Å². The van der Waals surface area contributed by atoms with Crippen LogP contribution in [0.1, 0.15) is 24.1 Å². The van der Waals surface area contributed by atoms with Gasteiger partial charge in [-0.3, -0.25) is 0 Å². The molecule has 0 saturated carbocycles. The molecule has 0 unspecified atom stereocenters. The summed E-state index contributed by atoms with van der Waals surface area (Å²) < 4.78 is 12.8. The Hall–Kier alpha value is -3.29. The predicted octanol–water partition coefficient (Wildman–Crippen LogP) is 2.72. The molecule has 0 aliphatic heterocycles. The van der Waals surface area contributed by atoms with Crippen molar-refractivity contribution in [2.24, 2.45) is 4.99 Å². The number of aromatic nitrogens is 3. The fourth-order valence-electron chi connectivity index (χ4n) is 2.95. The molecule has 3 aromatic rings. The Morgan fingerprint density at radius 2 is 2.10 bits per heavy atom. The van der Waals surface area contributed by atoms with Gasteiger partial charge in [-0.15, -0.1) is 10.2 Å². The molecule has 0 spiro atoms. The van der Waals surface area contributed by atoms with Gasteiger partial charge in [0, 0.05) is 26.6 Å². The highest BCUT2D eigenvalue weighted by molar-refractivity contribution is 5.79. The summed E-state index contributed by atoms with van der Waals surface area (Å²) in [5, 5.41) is 11.6. The summed E-state index contributed by atoms with van der Waals surface area (Å²) >= 11 is 0. The molecule has 1 aromatic carbocycles. The number of furan rings is 1. The third-order valence-electron chi connectivity index (χ3n) is 4.55. The van der Waals surface area contributed by atoms with Gasteiger partial charge < -0.3 is 23.9 Å². The Morgan fingerprint density at radius 3 is 2.79 bits per heavy atom. The lowest BCUT2D eigenvalue weighted by molar-refractivity contribution is 0.398. The third-order valence-corrected chi connectivity index (χ3v) is 4.55. The van der Waals surface area contributed by atoms with Crippen molar-refractivity contribution in [2.45, 2.75) is 33.0 Å². The van der Waals surface area contributed by atoms with E-state index < -0.39 is 0 Å². The first kappa shape index (κ1) is 20.4. The minimum atomic E-state index is 0.571. The molecule has 0 fully saturated rings. The number of guanidine groups is 1. The van der Waals surface area contributed by atoms with E-state index in [1.807, 2.05) is 43.4 Å². The van der Waals surface area contributed by atoms with Gasteiger partial charge in [0.05, 0.1) is 26.5 Å². The summed E-state index contributed by atoms with van der Waals surface area (Å²) in [6.45, 7) is 4.77. The molecule has 1 N–H and O–H groups in total. The summed E-state index contributed by atoms with van der Waals surface area (Å²) in [5.41, 5.74) is 1.11. The van der Waals surface area contributed by atoms with Gasteiger partial charge in [0.15, 0.2) is 5.96 Å². The normalized spacial score (nSPS) is 11.5. The molecule has 29 heavy (non-hydrogen) atoms. The summed E-state index contributed by atoms with van der Waals surface area (Å²) in [5.74, 6) is 3.51. The zero-order valence-electron chi connectivity index (χ0n) is 17.2. The first-order valence-corrected chi connectivity index (χ1v) is 9.71. The molecule has 2 aromatic heterocycles. The van der Waals surface area contributed by atoms with E-state index in [0.29, 0.717) is 13.1 Å². The van der Waals surface area contributed by atoms with E-state index in [4.69, 9.17) is 14.1 Å². The number of nitrogens with one attached hydrogen (secondary N) is 1. The fourth-order valence-corrected chi connectivity index (χ4v) is 2.95. The highest BCUT2D eigenvalue weighted by Crippen LogP contribution is 2.12. The van der Waals surface area contributed by atoms with Crippen molar-refractivity contribution in [1.29, 1.82) is 0 Å². The lowest BCUT2D eigenvalue weighted by Gasteiger charge is -2.22. The largest absolute Gasteiger partial charge is 0.497 e. The molecule has 0 atom stereocenters. The average Bonchev–Trinajstić information content (AvgIpc) is 3.42. The highest BCUT2D eigenvalue weighted by Gasteiger charge is 2.10. The van der Waals surface area contributed by atoms with Crippen LogP contribution >= 0.6 is 0 Å². The Labute approximate surface area is 171 Å².